The summed E-state index contributed by atoms with van der Waals surface area (Å²) in [4.78, 5) is 0. The summed E-state index contributed by atoms with van der Waals surface area (Å²) in [5.74, 6) is 0.899. The highest BCUT2D eigenvalue weighted by atomic mass is 35.5. The Morgan fingerprint density at radius 1 is 0.909 bits per heavy atom. The number of benzene rings is 3. The molecule has 1 aromatic heterocycles. The Labute approximate surface area is 202 Å². The van der Waals surface area contributed by atoms with Gasteiger partial charge >= 0.3 is 0 Å². The van der Waals surface area contributed by atoms with Crippen LogP contribution in [0.1, 0.15) is 25.0 Å². The Kier molecular flexibility index (Phi) is 5.94. The van der Waals surface area contributed by atoms with Crippen LogP contribution in [0, 0.1) is 0 Å². The summed E-state index contributed by atoms with van der Waals surface area (Å²) in [7, 11) is 6.04. The van der Waals surface area contributed by atoms with Gasteiger partial charge in [-0.25, -0.2) is 0 Å². The van der Waals surface area contributed by atoms with E-state index >= 15 is 0 Å². The van der Waals surface area contributed by atoms with Crippen molar-refractivity contribution in [3.8, 4) is 17.0 Å². The molecule has 0 saturated carbocycles. The van der Waals surface area contributed by atoms with Crippen LogP contribution >= 0.6 is 0 Å². The monoisotopic (exact) mass is 456 g/mol. The normalized spacial score (nSPS) is 14.6. The number of rotatable bonds is 4. The van der Waals surface area contributed by atoms with E-state index in [0.29, 0.717) is 0 Å². The molecule has 3 aromatic carbocycles. The number of methoxy groups -OCH3 is 1. The second kappa shape index (κ2) is 8.57. The number of ether oxygens (including phenoxy) is 1. The SMILES string of the molecule is COc1ccc2c(c1)C(C)(C)C(/C=C/c1c(-c3ccccc3)n(C)c3ccccc13)=[N+]2C.[Cl-]. The number of hydrogen-bond donors (Lipinski definition) is 0. The number of para-hydroxylation sites is 1. The molecule has 5 rings (SSSR count). The van der Waals surface area contributed by atoms with E-state index in [0.717, 1.165) is 5.75 Å². The zero-order valence-electron chi connectivity index (χ0n) is 19.8. The van der Waals surface area contributed by atoms with E-state index in [4.69, 9.17) is 4.74 Å². The summed E-state index contributed by atoms with van der Waals surface area (Å²) in [6.07, 6.45) is 4.59. The van der Waals surface area contributed by atoms with E-state index in [-0.39, 0.29) is 17.8 Å². The predicted molar refractivity (Wildman–Crippen MR) is 134 cm³/mol. The van der Waals surface area contributed by atoms with Crippen LogP contribution in [-0.4, -0.2) is 29.0 Å². The Bertz CT molecular complexity index is 1390. The van der Waals surface area contributed by atoms with Crippen LogP contribution in [0.15, 0.2) is 78.9 Å². The number of fused-ring (bicyclic) bond motifs is 2. The van der Waals surface area contributed by atoms with E-state index in [2.05, 4.69) is 116 Å². The molecule has 4 heteroatoms. The molecule has 0 atom stereocenters. The summed E-state index contributed by atoms with van der Waals surface area (Å²) in [6, 6.07) is 25.7. The lowest BCUT2D eigenvalue weighted by Crippen LogP contribution is -3.00. The topological polar surface area (TPSA) is 17.2 Å². The first-order valence-electron chi connectivity index (χ1n) is 11.0. The largest absolute Gasteiger partial charge is 1.00 e. The van der Waals surface area contributed by atoms with Crippen molar-refractivity contribution in [3.63, 3.8) is 0 Å². The summed E-state index contributed by atoms with van der Waals surface area (Å²) in [6.45, 7) is 4.57. The maximum absolute atomic E-state index is 5.50. The maximum Gasteiger partial charge on any atom is 0.209 e. The molecule has 0 unspecified atom stereocenters. The maximum atomic E-state index is 5.50. The van der Waals surface area contributed by atoms with Gasteiger partial charge in [-0.15, -0.1) is 0 Å². The van der Waals surface area contributed by atoms with Crippen LogP contribution in [0.4, 0.5) is 5.69 Å². The molecule has 4 aromatic rings. The molecular formula is C29H29ClN2O. The number of nitrogens with zero attached hydrogens (tertiary/aromatic N) is 2. The quantitative estimate of drug-likeness (QED) is 0.429. The number of halogens is 1. The third kappa shape index (κ3) is 3.57. The first-order chi connectivity index (χ1) is 15.4. The molecule has 0 aliphatic carbocycles. The number of hydrogen-bond acceptors (Lipinski definition) is 1. The van der Waals surface area contributed by atoms with Gasteiger partial charge < -0.3 is 21.7 Å². The summed E-state index contributed by atoms with van der Waals surface area (Å²) in [5.41, 5.74) is 8.63. The van der Waals surface area contributed by atoms with Crippen LogP contribution < -0.4 is 17.1 Å². The molecule has 0 saturated heterocycles. The Balaban J connectivity index is 0.00000259. The highest BCUT2D eigenvalue weighted by Crippen LogP contribution is 2.42. The smallest absolute Gasteiger partial charge is 0.209 e. The summed E-state index contributed by atoms with van der Waals surface area (Å²) < 4.78 is 10.1. The molecule has 0 amide bonds. The molecule has 0 spiro atoms. The average Bonchev–Trinajstić information content (AvgIpc) is 3.20. The third-order valence-electron chi connectivity index (χ3n) is 6.84. The Morgan fingerprint density at radius 2 is 1.61 bits per heavy atom. The van der Waals surface area contributed by atoms with Gasteiger partial charge in [-0.1, -0.05) is 48.5 Å². The number of aromatic nitrogens is 1. The van der Waals surface area contributed by atoms with E-state index in [1.807, 2.05) is 6.07 Å². The minimum Gasteiger partial charge on any atom is -1.00 e. The van der Waals surface area contributed by atoms with Crippen LogP contribution in [0.5, 0.6) is 5.75 Å². The average molecular weight is 457 g/mol. The van der Waals surface area contributed by atoms with Gasteiger partial charge in [0.15, 0.2) is 5.71 Å². The summed E-state index contributed by atoms with van der Waals surface area (Å²) in [5, 5.41) is 1.27. The van der Waals surface area contributed by atoms with Gasteiger partial charge in [0.25, 0.3) is 0 Å². The standard InChI is InChI=1S/C29H29N2O.ClH/c1-29(2)24-19-21(32-5)15-17-26(24)30(3)27(29)18-16-23-22-13-9-10-14-25(22)31(4)28(23)20-11-7-6-8-12-20;/h6-19H,1-5H3;1H/q+1;/p-1. The van der Waals surface area contributed by atoms with Gasteiger partial charge in [0.1, 0.15) is 12.8 Å². The molecule has 0 radical (unpaired) electrons. The van der Waals surface area contributed by atoms with Crippen LogP contribution in [0.3, 0.4) is 0 Å². The lowest BCUT2D eigenvalue weighted by molar-refractivity contribution is -0.401. The second-order valence-corrected chi connectivity index (χ2v) is 8.99. The Morgan fingerprint density at radius 3 is 2.33 bits per heavy atom. The molecule has 1 aliphatic heterocycles. The van der Waals surface area contributed by atoms with Gasteiger partial charge in [-0.2, -0.15) is 4.58 Å². The van der Waals surface area contributed by atoms with Crippen molar-refractivity contribution in [2.24, 2.45) is 7.05 Å². The van der Waals surface area contributed by atoms with Gasteiger partial charge in [0, 0.05) is 41.2 Å². The lowest BCUT2D eigenvalue weighted by Gasteiger charge is -2.16. The first kappa shape index (κ1) is 22.9. The van der Waals surface area contributed by atoms with Crippen molar-refractivity contribution in [1.82, 2.24) is 4.57 Å². The van der Waals surface area contributed by atoms with Crippen LogP contribution in [0.2, 0.25) is 0 Å². The van der Waals surface area contributed by atoms with Crippen molar-refractivity contribution in [2.75, 3.05) is 14.2 Å². The van der Waals surface area contributed by atoms with Crippen molar-refractivity contribution in [2.45, 2.75) is 19.3 Å². The minimum atomic E-state index is -0.118. The highest BCUT2D eigenvalue weighted by molar-refractivity contribution is 6.08. The zero-order chi connectivity index (χ0) is 22.5. The minimum absolute atomic E-state index is 0. The van der Waals surface area contributed by atoms with E-state index in [1.165, 1.54) is 44.7 Å². The van der Waals surface area contributed by atoms with Crippen molar-refractivity contribution in [3.05, 3.63) is 90.0 Å². The fourth-order valence-corrected chi connectivity index (χ4v) is 5.14. The van der Waals surface area contributed by atoms with Crippen LogP contribution in [-0.2, 0) is 12.5 Å². The first-order valence-corrected chi connectivity index (χ1v) is 11.0. The van der Waals surface area contributed by atoms with Gasteiger partial charge in [0.05, 0.1) is 18.2 Å². The van der Waals surface area contributed by atoms with Crippen molar-refractivity contribution >= 4 is 28.4 Å². The molecule has 0 bridgehead atoms. The molecule has 33 heavy (non-hydrogen) atoms. The third-order valence-corrected chi connectivity index (χ3v) is 6.84. The van der Waals surface area contributed by atoms with Gasteiger partial charge in [-0.05, 0) is 43.7 Å². The van der Waals surface area contributed by atoms with Gasteiger partial charge in [-0.3, -0.25) is 0 Å². The molecule has 3 nitrogen and oxygen atoms in total. The van der Waals surface area contributed by atoms with E-state index in [1.54, 1.807) is 7.11 Å². The highest BCUT2D eigenvalue weighted by Gasteiger charge is 2.43. The second-order valence-electron chi connectivity index (χ2n) is 8.99. The van der Waals surface area contributed by atoms with Crippen molar-refractivity contribution in [1.29, 1.82) is 0 Å². The van der Waals surface area contributed by atoms with E-state index in [9.17, 15) is 0 Å². The number of allylic oxidation sites excluding steroid dienone is 1. The zero-order valence-corrected chi connectivity index (χ0v) is 20.5. The Hall–Kier alpha value is -3.30. The lowest BCUT2D eigenvalue weighted by atomic mass is 9.81. The molecule has 1 aliphatic rings. The predicted octanol–water partition coefficient (Wildman–Crippen LogP) is 3.58. The molecular weight excluding hydrogens is 428 g/mol. The number of aryl methyl sites for hydroxylation is 1. The van der Waals surface area contributed by atoms with E-state index < -0.39 is 0 Å². The van der Waals surface area contributed by atoms with Gasteiger partial charge in [0.2, 0.25) is 5.69 Å². The molecule has 0 N–H and O–H groups in total. The summed E-state index contributed by atoms with van der Waals surface area (Å²) >= 11 is 0. The molecule has 0 fully saturated rings. The van der Waals surface area contributed by atoms with Crippen LogP contribution in [0.25, 0.3) is 28.2 Å². The fourth-order valence-electron chi connectivity index (χ4n) is 5.14. The molecule has 2 heterocycles. The van der Waals surface area contributed by atoms with Crippen molar-refractivity contribution < 1.29 is 21.7 Å². The molecule has 168 valence electrons. The fraction of sp³-hybridized carbons (Fsp3) is 0.207.